The number of anilines is 2. The summed E-state index contributed by atoms with van der Waals surface area (Å²) in [6.07, 6.45) is 10.3. The minimum absolute atomic E-state index is 0.0617. The van der Waals surface area contributed by atoms with E-state index in [1.807, 2.05) is 26.8 Å². The number of hydrogen-bond acceptors (Lipinski definition) is 9. The van der Waals surface area contributed by atoms with Gasteiger partial charge in [0.05, 0.1) is 5.56 Å². The maximum atomic E-state index is 13.8. The normalized spacial score (nSPS) is 22.2. The minimum Gasteiger partial charge on any atom is -0.458 e. The number of amides is 2. The molecule has 2 amide bonds. The molecule has 5 heterocycles. The van der Waals surface area contributed by atoms with Crippen LogP contribution in [0.1, 0.15) is 92.6 Å². The largest absolute Gasteiger partial charge is 0.458 e. The minimum atomic E-state index is -0.698. The molecule has 234 valence electrons. The van der Waals surface area contributed by atoms with Crippen LogP contribution in [0, 0.1) is 0 Å². The number of rotatable bonds is 6. The number of aromatic nitrogens is 4. The number of carbonyl (C=O) groups is 3. The van der Waals surface area contributed by atoms with Crippen molar-refractivity contribution in [3.8, 4) is 0 Å². The highest BCUT2D eigenvalue weighted by Crippen LogP contribution is 2.35. The van der Waals surface area contributed by atoms with E-state index < -0.39 is 11.6 Å². The molecule has 3 atom stereocenters. The van der Waals surface area contributed by atoms with Crippen molar-refractivity contribution in [1.82, 2.24) is 34.6 Å². The van der Waals surface area contributed by atoms with Crippen LogP contribution in [0.25, 0.3) is 11.0 Å². The van der Waals surface area contributed by atoms with Crippen molar-refractivity contribution in [3.63, 3.8) is 0 Å². The SMILES string of the molecule is CN(C)C(=O)c1cc2cnc(Nc3ccc(C(=O)N4CC5CCCC(N5)C4C(=O)OC(C)(C)C)cn3)nc2n1C1CCCC1. The summed E-state index contributed by atoms with van der Waals surface area (Å²) in [5.41, 5.74) is 1.07. The van der Waals surface area contributed by atoms with Crippen LogP contribution < -0.4 is 10.6 Å². The van der Waals surface area contributed by atoms with Gasteiger partial charge in [-0.2, -0.15) is 4.98 Å². The van der Waals surface area contributed by atoms with E-state index in [0.717, 1.165) is 50.3 Å². The number of likely N-dealkylation sites (tertiary alicyclic amines) is 1. The summed E-state index contributed by atoms with van der Waals surface area (Å²) in [6, 6.07) is 4.81. The van der Waals surface area contributed by atoms with Crippen LogP contribution in [-0.4, -0.2) is 91.5 Å². The van der Waals surface area contributed by atoms with Crippen molar-refractivity contribution in [3.05, 3.63) is 41.9 Å². The van der Waals surface area contributed by atoms with Crippen LogP contribution >= 0.6 is 0 Å². The number of carbonyl (C=O) groups excluding carboxylic acids is 3. The van der Waals surface area contributed by atoms with Crippen LogP contribution in [0.15, 0.2) is 30.6 Å². The van der Waals surface area contributed by atoms with Gasteiger partial charge in [-0.15, -0.1) is 0 Å². The van der Waals surface area contributed by atoms with Crippen molar-refractivity contribution in [2.75, 3.05) is 26.0 Å². The molecule has 2 bridgehead atoms. The summed E-state index contributed by atoms with van der Waals surface area (Å²) in [5, 5.41) is 7.49. The van der Waals surface area contributed by atoms with Crippen molar-refractivity contribution in [2.24, 2.45) is 0 Å². The highest BCUT2D eigenvalue weighted by atomic mass is 16.6. The maximum absolute atomic E-state index is 13.8. The zero-order valence-corrected chi connectivity index (χ0v) is 26.2. The average molecular weight is 603 g/mol. The lowest BCUT2D eigenvalue weighted by Crippen LogP contribution is -2.68. The molecule has 3 fully saturated rings. The van der Waals surface area contributed by atoms with Crippen molar-refractivity contribution in [2.45, 2.75) is 95.5 Å². The molecule has 12 heteroatoms. The zero-order valence-electron chi connectivity index (χ0n) is 26.2. The van der Waals surface area contributed by atoms with Crippen molar-refractivity contribution in [1.29, 1.82) is 0 Å². The summed E-state index contributed by atoms with van der Waals surface area (Å²) in [5.74, 6) is 0.132. The van der Waals surface area contributed by atoms with Gasteiger partial charge >= 0.3 is 5.97 Å². The monoisotopic (exact) mass is 602 g/mol. The van der Waals surface area contributed by atoms with Crippen molar-refractivity contribution >= 4 is 40.6 Å². The molecule has 2 saturated heterocycles. The number of pyridine rings is 1. The highest BCUT2D eigenvalue weighted by Gasteiger charge is 2.46. The lowest BCUT2D eigenvalue weighted by Gasteiger charge is -2.47. The topological polar surface area (TPSA) is 135 Å². The maximum Gasteiger partial charge on any atom is 0.331 e. The van der Waals surface area contributed by atoms with Gasteiger partial charge in [0.25, 0.3) is 11.8 Å². The Kier molecular flexibility index (Phi) is 8.04. The Balaban J connectivity index is 1.23. The quantitative estimate of drug-likeness (QED) is 0.401. The molecule has 44 heavy (non-hydrogen) atoms. The molecule has 0 aromatic carbocycles. The summed E-state index contributed by atoms with van der Waals surface area (Å²) in [6.45, 7) is 5.94. The van der Waals surface area contributed by atoms with Gasteiger partial charge in [0, 0.05) is 56.5 Å². The van der Waals surface area contributed by atoms with E-state index in [1.165, 1.54) is 6.20 Å². The summed E-state index contributed by atoms with van der Waals surface area (Å²) in [4.78, 5) is 57.1. The second-order valence-corrected chi connectivity index (χ2v) is 13.4. The molecule has 3 unspecified atom stereocenters. The number of piperazine rings is 1. The van der Waals surface area contributed by atoms with E-state index in [1.54, 1.807) is 42.2 Å². The molecule has 1 saturated carbocycles. The predicted molar refractivity (Wildman–Crippen MR) is 166 cm³/mol. The molecule has 0 radical (unpaired) electrons. The third-order valence-corrected chi connectivity index (χ3v) is 8.70. The van der Waals surface area contributed by atoms with E-state index >= 15 is 0 Å². The van der Waals surface area contributed by atoms with Crippen LogP contribution in [0.2, 0.25) is 0 Å². The fourth-order valence-corrected chi connectivity index (χ4v) is 6.75. The van der Waals surface area contributed by atoms with Gasteiger partial charge in [0.2, 0.25) is 5.95 Å². The number of piperidine rings is 1. The Bertz CT molecular complexity index is 1550. The molecule has 3 aromatic rings. The molecular weight excluding hydrogens is 560 g/mol. The average Bonchev–Trinajstić information content (AvgIpc) is 3.63. The van der Waals surface area contributed by atoms with E-state index in [-0.39, 0.29) is 35.9 Å². The highest BCUT2D eigenvalue weighted by molar-refractivity contribution is 5.98. The number of fused-ring (bicyclic) bond motifs is 3. The summed E-state index contributed by atoms with van der Waals surface area (Å²) >= 11 is 0. The molecule has 1 aliphatic carbocycles. The van der Waals surface area contributed by atoms with E-state index in [2.05, 4.69) is 25.2 Å². The van der Waals surface area contributed by atoms with Crippen molar-refractivity contribution < 1.29 is 19.1 Å². The molecule has 2 N–H and O–H groups in total. The van der Waals surface area contributed by atoms with E-state index in [9.17, 15) is 14.4 Å². The first-order valence-electron chi connectivity index (χ1n) is 15.6. The first-order chi connectivity index (χ1) is 21.0. The second-order valence-electron chi connectivity index (χ2n) is 13.4. The molecule has 0 spiro atoms. The van der Waals surface area contributed by atoms with Crippen LogP contribution in [-0.2, 0) is 9.53 Å². The van der Waals surface area contributed by atoms with Gasteiger partial charge in [0.15, 0.2) is 0 Å². The molecule has 2 aliphatic heterocycles. The lowest BCUT2D eigenvalue weighted by atomic mass is 9.88. The van der Waals surface area contributed by atoms with Gasteiger partial charge in [-0.1, -0.05) is 19.3 Å². The second kappa shape index (κ2) is 11.8. The molecule has 3 aliphatic rings. The Labute approximate surface area is 257 Å². The number of esters is 1. The Morgan fingerprint density at radius 1 is 1.02 bits per heavy atom. The summed E-state index contributed by atoms with van der Waals surface area (Å²) in [7, 11) is 3.51. The lowest BCUT2D eigenvalue weighted by molar-refractivity contribution is -0.163. The number of hydrogen-bond donors (Lipinski definition) is 2. The van der Waals surface area contributed by atoms with E-state index in [4.69, 9.17) is 9.72 Å². The first-order valence-corrected chi connectivity index (χ1v) is 15.6. The van der Waals surface area contributed by atoms with Gasteiger partial charge in [0.1, 0.15) is 28.8 Å². The fourth-order valence-electron chi connectivity index (χ4n) is 6.75. The van der Waals surface area contributed by atoms with Gasteiger partial charge in [-0.05, 0) is 64.7 Å². The smallest absolute Gasteiger partial charge is 0.331 e. The molecule has 3 aromatic heterocycles. The van der Waals surface area contributed by atoms with Gasteiger partial charge in [-0.3, -0.25) is 9.59 Å². The van der Waals surface area contributed by atoms with E-state index in [0.29, 0.717) is 35.2 Å². The number of nitrogens with one attached hydrogen (secondary N) is 2. The third kappa shape index (κ3) is 5.99. The van der Waals surface area contributed by atoms with Crippen LogP contribution in [0.3, 0.4) is 0 Å². The Morgan fingerprint density at radius 3 is 2.48 bits per heavy atom. The van der Waals surface area contributed by atoms with Gasteiger partial charge < -0.3 is 29.7 Å². The Hall–Kier alpha value is -4.06. The van der Waals surface area contributed by atoms with Crippen LogP contribution in [0.4, 0.5) is 11.8 Å². The first kappa shape index (κ1) is 30.0. The predicted octanol–water partition coefficient (Wildman–Crippen LogP) is 4.06. The summed E-state index contributed by atoms with van der Waals surface area (Å²) < 4.78 is 7.80. The Morgan fingerprint density at radius 2 is 1.80 bits per heavy atom. The molecule has 12 nitrogen and oxygen atoms in total. The number of ether oxygens (including phenoxy) is 1. The number of nitrogens with zero attached hydrogens (tertiary/aromatic N) is 6. The molecule has 6 rings (SSSR count). The van der Waals surface area contributed by atoms with Gasteiger partial charge in [-0.25, -0.2) is 14.8 Å². The van der Waals surface area contributed by atoms with Crippen LogP contribution in [0.5, 0.6) is 0 Å². The third-order valence-electron chi connectivity index (χ3n) is 8.70. The zero-order chi connectivity index (χ0) is 31.2. The molecular formula is C32H42N8O4. The standard InChI is InChI=1S/C32H42N8O4/c1-32(2,3)44-30(43)26-23-12-8-9-21(35-23)18-39(26)28(41)19-13-14-25(33-16-19)36-31-34-17-20-15-24(29(42)38(4)5)40(27(20)37-31)22-10-6-7-11-22/h13-17,21-23,26,35H,6-12,18H2,1-5H3,(H,33,34,36,37). The fraction of sp³-hybridized carbons (Fsp3) is 0.562.